The lowest BCUT2D eigenvalue weighted by molar-refractivity contribution is 0.0927. The van der Waals surface area contributed by atoms with Crippen molar-refractivity contribution in [2.75, 3.05) is 18.9 Å². The van der Waals surface area contributed by atoms with Crippen molar-refractivity contribution in [1.82, 2.24) is 15.1 Å². The maximum absolute atomic E-state index is 12.5. The highest BCUT2D eigenvalue weighted by Gasteiger charge is 2.26. The molecule has 114 valence electrons. The number of carbonyl (C=O) groups is 1. The first-order valence-electron chi connectivity index (χ1n) is 7.09. The molecule has 2 atom stereocenters. The average Bonchev–Trinajstić information content (AvgIpc) is 3.10. The van der Waals surface area contributed by atoms with E-state index < -0.39 is 0 Å². The number of nitrogen functional groups attached to an aromatic ring is 1. The summed E-state index contributed by atoms with van der Waals surface area (Å²) in [5.74, 6) is 0.278. The maximum Gasteiger partial charge on any atom is 0.263 e. The van der Waals surface area contributed by atoms with E-state index in [0.29, 0.717) is 23.1 Å². The number of hydrogen-bond acceptors (Lipinski definition) is 5. The van der Waals surface area contributed by atoms with E-state index in [-0.39, 0.29) is 11.9 Å². The number of nitrogens with one attached hydrogen (secondary N) is 1. The first-order valence-corrected chi connectivity index (χ1v) is 7.91. The molecule has 0 radical (unpaired) electrons. The van der Waals surface area contributed by atoms with E-state index in [1.165, 1.54) is 11.3 Å². The fraction of sp³-hybridized carbons (Fsp3) is 0.571. The van der Waals surface area contributed by atoms with Gasteiger partial charge in [-0.05, 0) is 20.3 Å². The second-order valence-electron chi connectivity index (χ2n) is 5.62. The normalized spacial score (nSPS) is 20.0. The van der Waals surface area contributed by atoms with E-state index in [1.807, 2.05) is 20.9 Å². The molecule has 1 saturated heterocycles. The van der Waals surface area contributed by atoms with Gasteiger partial charge in [0.2, 0.25) is 0 Å². The number of carbonyl (C=O) groups excluding carboxylic acids is 1. The van der Waals surface area contributed by atoms with Crippen molar-refractivity contribution in [3.63, 3.8) is 0 Å². The Morgan fingerprint density at radius 2 is 2.38 bits per heavy atom. The first kappa shape index (κ1) is 14.3. The number of aryl methyl sites for hydroxylation is 2. The molecule has 0 bridgehead atoms. The highest BCUT2D eigenvalue weighted by Crippen LogP contribution is 2.35. The number of nitrogens with two attached hydrogens (primary N) is 1. The van der Waals surface area contributed by atoms with Crippen molar-refractivity contribution in [3.05, 3.63) is 10.6 Å². The predicted molar refractivity (Wildman–Crippen MR) is 83.6 cm³/mol. The van der Waals surface area contributed by atoms with Gasteiger partial charge in [-0.2, -0.15) is 5.10 Å². The highest BCUT2D eigenvalue weighted by atomic mass is 32.1. The monoisotopic (exact) mass is 308 g/mol. The van der Waals surface area contributed by atoms with Crippen LogP contribution in [0.3, 0.4) is 0 Å². The summed E-state index contributed by atoms with van der Waals surface area (Å²) >= 11 is 1.40. The van der Waals surface area contributed by atoms with Crippen LogP contribution in [0.5, 0.6) is 0 Å². The molecule has 2 unspecified atom stereocenters. The number of nitrogens with zero attached hydrogens (tertiary/aromatic N) is 2. The molecule has 7 heteroatoms. The molecule has 6 nitrogen and oxygen atoms in total. The van der Waals surface area contributed by atoms with Crippen molar-refractivity contribution < 1.29 is 9.53 Å². The van der Waals surface area contributed by atoms with Crippen molar-refractivity contribution in [1.29, 1.82) is 0 Å². The second kappa shape index (κ2) is 5.31. The Balaban J connectivity index is 1.84. The Kier molecular flexibility index (Phi) is 3.62. The molecule has 0 saturated carbocycles. The lowest BCUT2D eigenvalue weighted by Crippen LogP contribution is -2.38. The number of rotatable bonds is 3. The van der Waals surface area contributed by atoms with Crippen LogP contribution in [0.25, 0.3) is 10.2 Å². The molecule has 1 amide bonds. The van der Waals surface area contributed by atoms with Crippen molar-refractivity contribution in [2.24, 2.45) is 13.0 Å². The zero-order valence-electron chi connectivity index (χ0n) is 12.5. The zero-order chi connectivity index (χ0) is 15.1. The van der Waals surface area contributed by atoms with E-state index in [1.54, 1.807) is 4.68 Å². The van der Waals surface area contributed by atoms with Crippen molar-refractivity contribution in [3.8, 4) is 0 Å². The van der Waals surface area contributed by atoms with E-state index in [0.717, 1.165) is 28.9 Å². The summed E-state index contributed by atoms with van der Waals surface area (Å²) in [6.07, 6.45) is 0.992. The number of ether oxygens (including phenoxy) is 1. The molecule has 0 aliphatic carbocycles. The van der Waals surface area contributed by atoms with E-state index in [9.17, 15) is 4.79 Å². The quantitative estimate of drug-likeness (QED) is 0.904. The minimum atomic E-state index is -0.104. The van der Waals surface area contributed by atoms with E-state index in [2.05, 4.69) is 10.4 Å². The minimum absolute atomic E-state index is 0.0869. The smallest absolute Gasteiger partial charge is 0.263 e. The number of thiophene rings is 1. The standard InChI is InChI=1S/C14H20N4O2S/c1-7(9-4-5-20-6-9)16-13(19)12-11(15)10-8(2)17-18(3)14(10)21-12/h7,9H,4-6,15H2,1-3H3,(H,16,19). The number of fused-ring (bicyclic) bond motifs is 1. The predicted octanol–water partition coefficient (Wildman–Crippen LogP) is 1.68. The van der Waals surface area contributed by atoms with Crippen LogP contribution in [0.1, 0.15) is 28.7 Å². The summed E-state index contributed by atoms with van der Waals surface area (Å²) in [7, 11) is 1.87. The van der Waals surface area contributed by atoms with Crippen LogP contribution in [0, 0.1) is 12.8 Å². The Morgan fingerprint density at radius 3 is 3.00 bits per heavy atom. The highest BCUT2D eigenvalue weighted by molar-refractivity contribution is 7.21. The van der Waals surface area contributed by atoms with Crippen molar-refractivity contribution >= 4 is 33.1 Å². The van der Waals surface area contributed by atoms with Crippen LogP contribution in [-0.4, -0.2) is 34.9 Å². The number of hydrogen-bond donors (Lipinski definition) is 2. The van der Waals surface area contributed by atoms with Gasteiger partial charge >= 0.3 is 0 Å². The molecule has 0 aromatic carbocycles. The van der Waals surface area contributed by atoms with E-state index >= 15 is 0 Å². The third kappa shape index (κ3) is 2.40. The fourth-order valence-corrected chi connectivity index (χ4v) is 3.92. The Labute approximate surface area is 127 Å². The maximum atomic E-state index is 12.5. The summed E-state index contributed by atoms with van der Waals surface area (Å²) in [5.41, 5.74) is 7.55. The van der Waals surface area contributed by atoms with Crippen LogP contribution in [0.4, 0.5) is 5.69 Å². The summed E-state index contributed by atoms with van der Waals surface area (Å²) in [6, 6.07) is 0.0869. The van der Waals surface area contributed by atoms with Crippen molar-refractivity contribution in [2.45, 2.75) is 26.3 Å². The molecule has 21 heavy (non-hydrogen) atoms. The van der Waals surface area contributed by atoms with Crippen LogP contribution < -0.4 is 11.1 Å². The second-order valence-corrected chi connectivity index (χ2v) is 6.62. The molecule has 3 N–H and O–H groups in total. The number of aromatic nitrogens is 2. The molecule has 2 aromatic rings. The molecule has 1 aliphatic heterocycles. The van der Waals surface area contributed by atoms with E-state index in [4.69, 9.17) is 10.5 Å². The van der Waals surface area contributed by atoms with Gasteiger partial charge < -0.3 is 15.8 Å². The van der Waals surface area contributed by atoms with Gasteiger partial charge in [0.25, 0.3) is 5.91 Å². The summed E-state index contributed by atoms with van der Waals surface area (Å²) in [6.45, 7) is 5.42. The van der Waals surface area contributed by atoms with Crippen LogP contribution in [0.15, 0.2) is 0 Å². The fourth-order valence-electron chi connectivity index (χ4n) is 2.84. The van der Waals surface area contributed by atoms with Gasteiger partial charge in [0.15, 0.2) is 0 Å². The van der Waals surface area contributed by atoms with Gasteiger partial charge in [-0.1, -0.05) is 0 Å². The Morgan fingerprint density at radius 1 is 1.62 bits per heavy atom. The Bertz CT molecular complexity index is 685. The molecule has 0 spiro atoms. The van der Waals surface area contributed by atoms with Crippen LogP contribution in [-0.2, 0) is 11.8 Å². The van der Waals surface area contributed by atoms with Gasteiger partial charge in [-0.25, -0.2) is 0 Å². The Hall–Kier alpha value is -1.60. The van der Waals surface area contributed by atoms with Gasteiger partial charge in [0.05, 0.1) is 23.4 Å². The minimum Gasteiger partial charge on any atom is -0.397 e. The van der Waals surface area contributed by atoms with Gasteiger partial charge in [-0.15, -0.1) is 11.3 Å². The van der Waals surface area contributed by atoms with Gasteiger partial charge in [0.1, 0.15) is 9.71 Å². The molecular formula is C14H20N4O2S. The lowest BCUT2D eigenvalue weighted by atomic mass is 10.0. The third-order valence-corrected chi connectivity index (χ3v) is 5.39. The first-order chi connectivity index (χ1) is 9.99. The third-order valence-electron chi connectivity index (χ3n) is 4.12. The SMILES string of the molecule is Cc1nn(C)c2sc(C(=O)NC(C)C3CCOC3)c(N)c12. The molecule has 1 aliphatic rings. The molecular weight excluding hydrogens is 288 g/mol. The topological polar surface area (TPSA) is 82.2 Å². The largest absolute Gasteiger partial charge is 0.397 e. The summed E-state index contributed by atoms with van der Waals surface area (Å²) in [4.78, 5) is 14.0. The molecule has 3 rings (SSSR count). The van der Waals surface area contributed by atoms with Crippen LogP contribution >= 0.6 is 11.3 Å². The van der Waals surface area contributed by atoms with Gasteiger partial charge in [-0.3, -0.25) is 9.48 Å². The lowest BCUT2D eigenvalue weighted by Gasteiger charge is -2.18. The van der Waals surface area contributed by atoms with Crippen LogP contribution in [0.2, 0.25) is 0 Å². The molecule has 1 fully saturated rings. The average molecular weight is 308 g/mol. The van der Waals surface area contributed by atoms with Gasteiger partial charge in [0, 0.05) is 25.6 Å². The number of anilines is 1. The molecule has 3 heterocycles. The summed E-state index contributed by atoms with van der Waals surface area (Å²) in [5, 5.41) is 8.28. The molecule has 2 aromatic heterocycles. The zero-order valence-corrected chi connectivity index (χ0v) is 13.3. The number of amides is 1. The summed E-state index contributed by atoms with van der Waals surface area (Å²) < 4.78 is 7.15.